The quantitative estimate of drug-likeness (QED) is 0.793. The molecule has 0 unspecified atom stereocenters. The molecule has 1 amide bonds. The summed E-state index contributed by atoms with van der Waals surface area (Å²) in [5.41, 5.74) is 0.444. The average molecular weight is 221 g/mol. The molecule has 1 saturated heterocycles. The Labute approximate surface area is 91.9 Å². The third-order valence-corrected chi connectivity index (χ3v) is 2.54. The minimum atomic E-state index is -1.07. The van der Waals surface area contributed by atoms with Crippen LogP contribution in [0, 0.1) is 0 Å². The van der Waals surface area contributed by atoms with Crippen LogP contribution in [0.25, 0.3) is 0 Å². The summed E-state index contributed by atoms with van der Waals surface area (Å²) in [4.78, 5) is 31.5. The van der Waals surface area contributed by atoms with E-state index < -0.39 is 5.97 Å². The fourth-order valence-electron chi connectivity index (χ4n) is 1.71. The van der Waals surface area contributed by atoms with Crippen LogP contribution in [0.15, 0.2) is 12.5 Å². The van der Waals surface area contributed by atoms with E-state index in [1.165, 1.54) is 12.5 Å². The van der Waals surface area contributed by atoms with Gasteiger partial charge < -0.3 is 10.0 Å². The van der Waals surface area contributed by atoms with Crippen molar-refractivity contribution in [2.75, 3.05) is 6.54 Å². The van der Waals surface area contributed by atoms with Gasteiger partial charge in [0.15, 0.2) is 0 Å². The highest BCUT2D eigenvalue weighted by Gasteiger charge is 2.22. The molecule has 1 aliphatic rings. The molecule has 0 radical (unpaired) electrons. The molecule has 0 aromatic carbocycles. The Morgan fingerprint density at radius 2 is 2.38 bits per heavy atom. The predicted octanol–water partition coefficient (Wildman–Crippen LogP) is 0.297. The first-order valence-electron chi connectivity index (χ1n) is 4.98. The summed E-state index contributed by atoms with van der Waals surface area (Å²) in [6.45, 7) is 0.922. The largest absolute Gasteiger partial charge is 0.478 e. The molecule has 1 aromatic rings. The van der Waals surface area contributed by atoms with Gasteiger partial charge in [-0.05, 0) is 6.42 Å². The molecule has 0 atom stereocenters. The van der Waals surface area contributed by atoms with Crippen LogP contribution in [0.4, 0.5) is 0 Å². The van der Waals surface area contributed by atoms with Gasteiger partial charge in [0.05, 0.1) is 12.2 Å². The molecule has 1 N–H and O–H groups in total. The molecule has 2 rings (SSSR count). The van der Waals surface area contributed by atoms with E-state index in [1.54, 1.807) is 4.90 Å². The first-order valence-corrected chi connectivity index (χ1v) is 4.98. The predicted molar refractivity (Wildman–Crippen MR) is 53.6 cm³/mol. The van der Waals surface area contributed by atoms with Gasteiger partial charge >= 0.3 is 5.97 Å². The van der Waals surface area contributed by atoms with Crippen molar-refractivity contribution in [2.24, 2.45) is 0 Å². The van der Waals surface area contributed by atoms with Gasteiger partial charge in [-0.25, -0.2) is 14.8 Å². The molecule has 1 fully saturated rings. The number of carboxylic acids is 1. The summed E-state index contributed by atoms with van der Waals surface area (Å²) < 4.78 is 0. The van der Waals surface area contributed by atoms with E-state index in [2.05, 4.69) is 9.97 Å². The van der Waals surface area contributed by atoms with E-state index in [4.69, 9.17) is 5.11 Å². The maximum atomic E-state index is 11.4. The van der Waals surface area contributed by atoms with Crippen molar-refractivity contribution < 1.29 is 14.7 Å². The molecule has 0 spiro atoms. The second kappa shape index (κ2) is 4.26. The number of amides is 1. The van der Waals surface area contributed by atoms with Crippen LogP contribution in [0.1, 0.15) is 28.9 Å². The highest BCUT2D eigenvalue weighted by molar-refractivity contribution is 5.88. The minimum absolute atomic E-state index is 0.0509. The van der Waals surface area contributed by atoms with Crippen LogP contribution in [0.3, 0.4) is 0 Å². The lowest BCUT2D eigenvalue weighted by Crippen LogP contribution is -2.25. The maximum absolute atomic E-state index is 11.4. The first kappa shape index (κ1) is 10.5. The van der Waals surface area contributed by atoms with Crippen LogP contribution >= 0.6 is 0 Å². The number of hydrogen-bond donors (Lipinski definition) is 1. The zero-order chi connectivity index (χ0) is 11.5. The Hall–Kier alpha value is -1.98. The summed E-state index contributed by atoms with van der Waals surface area (Å²) in [6.07, 6.45) is 3.91. The van der Waals surface area contributed by atoms with Crippen molar-refractivity contribution in [3.8, 4) is 0 Å². The molecule has 6 heteroatoms. The van der Waals surface area contributed by atoms with E-state index in [0.29, 0.717) is 18.7 Å². The molecule has 1 aromatic heterocycles. The molecule has 6 nitrogen and oxygen atoms in total. The second-order valence-electron chi connectivity index (χ2n) is 3.61. The fraction of sp³-hybridized carbons (Fsp3) is 0.400. The van der Waals surface area contributed by atoms with Crippen molar-refractivity contribution in [2.45, 2.75) is 19.4 Å². The van der Waals surface area contributed by atoms with Crippen LogP contribution in [-0.2, 0) is 11.3 Å². The van der Waals surface area contributed by atoms with Gasteiger partial charge in [-0.1, -0.05) is 0 Å². The van der Waals surface area contributed by atoms with Crippen molar-refractivity contribution in [3.05, 3.63) is 23.8 Å². The number of carboxylic acid groups (broad SMARTS) is 1. The normalized spacial score (nSPS) is 15.5. The number of aromatic nitrogens is 2. The third-order valence-electron chi connectivity index (χ3n) is 2.54. The topological polar surface area (TPSA) is 83.4 Å². The standard InChI is InChI=1S/C10H11N3O3/c14-9-2-1-3-13(9)5-8-7(10(15)16)4-11-6-12-8/h4,6H,1-3,5H2,(H,15,16). The first-order chi connectivity index (χ1) is 7.68. The number of nitrogens with zero attached hydrogens (tertiary/aromatic N) is 3. The lowest BCUT2D eigenvalue weighted by Gasteiger charge is -2.15. The van der Waals surface area contributed by atoms with Crippen LogP contribution in [-0.4, -0.2) is 38.4 Å². The van der Waals surface area contributed by atoms with E-state index in [9.17, 15) is 9.59 Å². The Kier molecular flexibility index (Phi) is 2.80. The highest BCUT2D eigenvalue weighted by Crippen LogP contribution is 2.14. The summed E-state index contributed by atoms with van der Waals surface area (Å²) in [5.74, 6) is -1.02. The molecule has 16 heavy (non-hydrogen) atoms. The molecule has 2 heterocycles. The number of rotatable bonds is 3. The molecule has 0 aliphatic carbocycles. The fourth-order valence-corrected chi connectivity index (χ4v) is 1.71. The van der Waals surface area contributed by atoms with Gasteiger partial charge in [0, 0.05) is 19.2 Å². The highest BCUT2D eigenvalue weighted by atomic mass is 16.4. The Morgan fingerprint density at radius 1 is 1.56 bits per heavy atom. The summed E-state index contributed by atoms with van der Waals surface area (Å²) >= 11 is 0. The Bertz CT molecular complexity index is 433. The van der Waals surface area contributed by atoms with E-state index >= 15 is 0 Å². The molecule has 84 valence electrons. The molecular formula is C10H11N3O3. The summed E-state index contributed by atoms with van der Waals surface area (Å²) in [5, 5.41) is 8.92. The zero-order valence-corrected chi connectivity index (χ0v) is 8.59. The van der Waals surface area contributed by atoms with Crippen molar-refractivity contribution in [3.63, 3.8) is 0 Å². The molecule has 0 bridgehead atoms. The van der Waals surface area contributed by atoms with Crippen molar-refractivity contribution in [1.82, 2.24) is 14.9 Å². The number of carbonyl (C=O) groups is 2. The zero-order valence-electron chi connectivity index (χ0n) is 8.59. The van der Waals surface area contributed by atoms with Gasteiger partial charge in [-0.15, -0.1) is 0 Å². The van der Waals surface area contributed by atoms with Gasteiger partial charge in [-0.2, -0.15) is 0 Å². The Balaban J connectivity index is 2.20. The van der Waals surface area contributed by atoms with Crippen molar-refractivity contribution in [1.29, 1.82) is 0 Å². The number of carbonyl (C=O) groups excluding carboxylic acids is 1. The van der Waals surface area contributed by atoms with Gasteiger partial charge in [0.2, 0.25) is 5.91 Å². The maximum Gasteiger partial charge on any atom is 0.339 e. The number of likely N-dealkylation sites (tertiary alicyclic amines) is 1. The van der Waals surface area contributed by atoms with Crippen molar-refractivity contribution >= 4 is 11.9 Å². The van der Waals surface area contributed by atoms with E-state index in [0.717, 1.165) is 6.42 Å². The van der Waals surface area contributed by atoms with Crippen LogP contribution in [0.2, 0.25) is 0 Å². The van der Waals surface area contributed by atoms with E-state index in [1.807, 2.05) is 0 Å². The number of hydrogen-bond acceptors (Lipinski definition) is 4. The van der Waals surface area contributed by atoms with Gasteiger partial charge in [-0.3, -0.25) is 4.79 Å². The molecule has 0 saturated carbocycles. The van der Waals surface area contributed by atoms with Gasteiger partial charge in [0.1, 0.15) is 11.9 Å². The smallest absolute Gasteiger partial charge is 0.339 e. The van der Waals surface area contributed by atoms with Gasteiger partial charge in [0.25, 0.3) is 0 Å². The molecule has 1 aliphatic heterocycles. The van der Waals surface area contributed by atoms with E-state index in [-0.39, 0.29) is 18.0 Å². The Morgan fingerprint density at radius 3 is 3.00 bits per heavy atom. The SMILES string of the molecule is O=C(O)c1cncnc1CN1CCCC1=O. The van der Waals surface area contributed by atoms with Crippen LogP contribution in [0.5, 0.6) is 0 Å². The summed E-state index contributed by atoms with van der Waals surface area (Å²) in [6, 6.07) is 0. The van der Waals surface area contributed by atoms with Crippen LogP contribution < -0.4 is 0 Å². The lowest BCUT2D eigenvalue weighted by molar-refractivity contribution is -0.128. The summed E-state index contributed by atoms with van der Waals surface area (Å²) in [7, 11) is 0. The third kappa shape index (κ3) is 2.00. The average Bonchev–Trinajstić information content (AvgIpc) is 2.65. The number of aromatic carboxylic acids is 1. The molecular weight excluding hydrogens is 210 g/mol. The minimum Gasteiger partial charge on any atom is -0.478 e. The second-order valence-corrected chi connectivity index (χ2v) is 3.61. The monoisotopic (exact) mass is 221 g/mol. The lowest BCUT2D eigenvalue weighted by atomic mass is 10.2.